The molecule has 0 radical (unpaired) electrons. The minimum atomic E-state index is -3.39. The van der Waals surface area contributed by atoms with Crippen LogP contribution in [-0.2, 0) is 42.9 Å². The molecule has 3 rings (SSSR count). The molecule has 2 heterocycles. The van der Waals surface area contributed by atoms with Crippen LogP contribution in [0.4, 0.5) is 0 Å². The van der Waals surface area contributed by atoms with Crippen molar-refractivity contribution in [1.82, 2.24) is 24.2 Å². The monoisotopic (exact) mass is 415 g/mol. The normalized spacial score (nSPS) is 12.0. The lowest BCUT2D eigenvalue weighted by atomic mass is 10.1. The number of sulfone groups is 1. The van der Waals surface area contributed by atoms with Crippen molar-refractivity contribution >= 4 is 9.84 Å². The molecule has 0 amide bonds. The zero-order chi connectivity index (χ0) is 20.9. The second kappa shape index (κ2) is 9.37. The highest BCUT2D eigenvalue weighted by molar-refractivity contribution is 7.90. The van der Waals surface area contributed by atoms with E-state index in [0.29, 0.717) is 13.1 Å². The molecular weight excluding hydrogens is 386 g/mol. The van der Waals surface area contributed by atoms with Crippen LogP contribution in [-0.4, -0.2) is 45.4 Å². The lowest BCUT2D eigenvalue weighted by molar-refractivity contribution is 0.262. The van der Waals surface area contributed by atoms with E-state index in [9.17, 15) is 8.42 Å². The van der Waals surface area contributed by atoms with Gasteiger partial charge in [-0.2, -0.15) is 5.10 Å². The molecule has 7 nitrogen and oxygen atoms in total. The van der Waals surface area contributed by atoms with Crippen molar-refractivity contribution in [2.45, 2.75) is 44.6 Å². The Balaban J connectivity index is 1.75. The van der Waals surface area contributed by atoms with Crippen LogP contribution >= 0.6 is 0 Å². The van der Waals surface area contributed by atoms with Crippen LogP contribution < -0.4 is 0 Å². The molecule has 0 aliphatic carbocycles. The Morgan fingerprint density at radius 2 is 1.83 bits per heavy atom. The Morgan fingerprint density at radius 1 is 1.07 bits per heavy atom. The van der Waals surface area contributed by atoms with Crippen molar-refractivity contribution in [3.63, 3.8) is 0 Å². The van der Waals surface area contributed by atoms with Gasteiger partial charge in [0, 0.05) is 44.7 Å². The zero-order valence-electron chi connectivity index (χ0n) is 17.3. The number of benzene rings is 1. The van der Waals surface area contributed by atoms with Gasteiger partial charge in [0.25, 0.3) is 0 Å². The van der Waals surface area contributed by atoms with Gasteiger partial charge in [-0.3, -0.25) is 9.58 Å². The summed E-state index contributed by atoms with van der Waals surface area (Å²) in [5.74, 6) is 0. The molecule has 0 bridgehead atoms. The Kier molecular flexibility index (Phi) is 6.87. The molecule has 0 saturated heterocycles. The molecule has 0 spiro atoms. The maximum absolute atomic E-state index is 12.2. The van der Waals surface area contributed by atoms with Crippen molar-refractivity contribution in [3.05, 3.63) is 65.7 Å². The van der Waals surface area contributed by atoms with E-state index in [4.69, 9.17) is 0 Å². The number of aryl methyl sites for hydroxylation is 2. The fraction of sp³-hybridized carbons (Fsp3) is 0.429. The van der Waals surface area contributed by atoms with E-state index in [-0.39, 0.29) is 5.16 Å². The van der Waals surface area contributed by atoms with Crippen LogP contribution in [0.2, 0.25) is 0 Å². The summed E-state index contributed by atoms with van der Waals surface area (Å²) >= 11 is 0. The first-order valence-electron chi connectivity index (χ1n) is 9.85. The molecule has 29 heavy (non-hydrogen) atoms. The van der Waals surface area contributed by atoms with Gasteiger partial charge < -0.3 is 4.57 Å². The van der Waals surface area contributed by atoms with Gasteiger partial charge in [-0.05, 0) is 24.9 Å². The van der Waals surface area contributed by atoms with Gasteiger partial charge in [0.05, 0.1) is 18.1 Å². The number of hydrogen-bond donors (Lipinski definition) is 0. The number of hydrogen-bond acceptors (Lipinski definition) is 5. The lowest BCUT2D eigenvalue weighted by Crippen LogP contribution is -2.24. The summed E-state index contributed by atoms with van der Waals surface area (Å²) < 4.78 is 28.1. The van der Waals surface area contributed by atoms with E-state index >= 15 is 0 Å². The average molecular weight is 416 g/mol. The van der Waals surface area contributed by atoms with Crippen LogP contribution in [0.1, 0.15) is 30.2 Å². The van der Waals surface area contributed by atoms with Crippen molar-refractivity contribution in [2.75, 3.05) is 12.8 Å². The minimum absolute atomic E-state index is 0.151. The van der Waals surface area contributed by atoms with Gasteiger partial charge in [0.15, 0.2) is 0 Å². The van der Waals surface area contributed by atoms with Gasteiger partial charge in [0.2, 0.25) is 15.0 Å². The highest BCUT2D eigenvalue weighted by atomic mass is 32.2. The Hall–Kier alpha value is -2.45. The lowest BCUT2D eigenvalue weighted by Gasteiger charge is -2.21. The molecule has 3 aromatic rings. The third kappa shape index (κ3) is 5.77. The van der Waals surface area contributed by atoms with Crippen LogP contribution in [0.5, 0.6) is 0 Å². The fourth-order valence-corrected chi connectivity index (χ4v) is 4.31. The zero-order valence-corrected chi connectivity index (χ0v) is 18.1. The molecule has 0 fully saturated rings. The topological polar surface area (TPSA) is 73.0 Å². The van der Waals surface area contributed by atoms with E-state index in [2.05, 4.69) is 34.0 Å². The van der Waals surface area contributed by atoms with Gasteiger partial charge >= 0.3 is 0 Å². The number of nitrogens with zero attached hydrogens (tertiary/aromatic N) is 5. The summed E-state index contributed by atoms with van der Waals surface area (Å²) in [5.41, 5.74) is 3.30. The minimum Gasteiger partial charge on any atom is -0.318 e. The van der Waals surface area contributed by atoms with Gasteiger partial charge in [-0.15, -0.1) is 0 Å². The van der Waals surface area contributed by atoms with Gasteiger partial charge in [0.1, 0.15) is 0 Å². The third-order valence-electron chi connectivity index (χ3n) is 4.92. The largest absolute Gasteiger partial charge is 0.318 e. The van der Waals surface area contributed by atoms with Gasteiger partial charge in [-0.25, -0.2) is 13.4 Å². The summed E-state index contributed by atoms with van der Waals surface area (Å²) in [6.07, 6.45) is 8.54. The summed E-state index contributed by atoms with van der Waals surface area (Å²) in [5, 5.41) is 4.38. The molecule has 0 atom stereocenters. The quantitative estimate of drug-likeness (QED) is 0.509. The first-order chi connectivity index (χ1) is 13.9. The molecule has 8 heteroatoms. The molecule has 2 aromatic heterocycles. The molecular formula is C21H29N5O2S. The third-order valence-corrected chi connectivity index (χ3v) is 5.91. The number of imidazole rings is 1. The Labute approximate surface area is 172 Å². The molecule has 0 aliphatic rings. The number of rotatable bonds is 10. The number of aromatic nitrogens is 4. The van der Waals surface area contributed by atoms with E-state index in [1.807, 2.05) is 42.2 Å². The molecule has 0 aliphatic heterocycles. The average Bonchev–Trinajstić information content (AvgIpc) is 3.28. The van der Waals surface area contributed by atoms with Crippen LogP contribution in [0.15, 0.2) is 54.1 Å². The summed E-state index contributed by atoms with van der Waals surface area (Å²) in [4.78, 5) is 6.50. The van der Waals surface area contributed by atoms with E-state index in [1.54, 1.807) is 10.9 Å². The first-order valence-corrected chi connectivity index (χ1v) is 11.7. The van der Waals surface area contributed by atoms with Crippen molar-refractivity contribution in [3.8, 4) is 0 Å². The maximum Gasteiger partial charge on any atom is 0.227 e. The summed E-state index contributed by atoms with van der Waals surface area (Å²) in [7, 11) is -1.48. The predicted octanol–water partition coefficient (Wildman–Crippen LogP) is 2.68. The van der Waals surface area contributed by atoms with E-state index in [0.717, 1.165) is 37.2 Å². The fourth-order valence-electron chi connectivity index (χ4n) is 3.46. The van der Waals surface area contributed by atoms with Gasteiger partial charge in [-0.1, -0.05) is 37.3 Å². The van der Waals surface area contributed by atoms with Crippen molar-refractivity contribution in [1.29, 1.82) is 0 Å². The van der Waals surface area contributed by atoms with Crippen LogP contribution in [0, 0.1) is 0 Å². The highest BCUT2D eigenvalue weighted by Gasteiger charge is 2.20. The van der Waals surface area contributed by atoms with Crippen molar-refractivity contribution < 1.29 is 8.42 Å². The predicted molar refractivity (Wildman–Crippen MR) is 113 cm³/mol. The molecule has 1 aromatic carbocycles. The standard InChI is InChI=1S/C21H29N5O2S/c1-4-25(16-19-13-23-24(2)15-19)17-20-14-22-21(29(3,27)28)26(20)12-8-11-18-9-6-5-7-10-18/h5-7,9-10,13-15H,4,8,11-12,16-17H2,1-3H3. The molecule has 0 unspecified atom stereocenters. The molecule has 156 valence electrons. The molecule has 0 N–H and O–H groups in total. The SMILES string of the molecule is CCN(Cc1cnn(C)c1)Cc1cnc(S(C)(=O)=O)n1CCCc1ccccc1. The second-order valence-electron chi connectivity index (χ2n) is 7.37. The maximum atomic E-state index is 12.2. The summed E-state index contributed by atoms with van der Waals surface area (Å²) in [6, 6.07) is 10.2. The summed E-state index contributed by atoms with van der Waals surface area (Å²) in [6.45, 7) is 4.96. The Bertz CT molecular complexity index is 1020. The Morgan fingerprint density at radius 3 is 2.45 bits per heavy atom. The van der Waals surface area contributed by atoms with E-state index in [1.165, 1.54) is 11.8 Å². The smallest absolute Gasteiger partial charge is 0.227 e. The second-order valence-corrected chi connectivity index (χ2v) is 9.28. The van der Waals surface area contributed by atoms with Crippen LogP contribution in [0.25, 0.3) is 0 Å². The van der Waals surface area contributed by atoms with Crippen LogP contribution in [0.3, 0.4) is 0 Å². The first kappa shape index (κ1) is 21.3. The van der Waals surface area contributed by atoms with E-state index < -0.39 is 9.84 Å². The highest BCUT2D eigenvalue weighted by Crippen LogP contribution is 2.17. The van der Waals surface area contributed by atoms with Crippen molar-refractivity contribution in [2.24, 2.45) is 7.05 Å². The molecule has 0 saturated carbocycles.